The van der Waals surface area contributed by atoms with Crippen LogP contribution >= 0.6 is 40.7 Å². The van der Waals surface area contributed by atoms with E-state index >= 15 is 0 Å². The predicted molar refractivity (Wildman–Crippen MR) is 95.2 cm³/mol. The van der Waals surface area contributed by atoms with Gasteiger partial charge in [0.15, 0.2) is 0 Å². The molecular formula is C15H24BrCl2FN2. The molecule has 0 aromatic heterocycles. The van der Waals surface area contributed by atoms with Crippen LogP contribution in [0.4, 0.5) is 4.39 Å². The molecule has 0 aliphatic carbocycles. The number of halogens is 4. The number of nitrogens with one attached hydrogen (secondary N) is 1. The molecule has 2 nitrogen and oxygen atoms in total. The summed E-state index contributed by atoms with van der Waals surface area (Å²) in [7, 11) is 0. The minimum absolute atomic E-state index is 0. The van der Waals surface area contributed by atoms with E-state index in [1.165, 1.54) is 5.56 Å². The highest BCUT2D eigenvalue weighted by atomic mass is 79.9. The molecule has 6 heteroatoms. The molecule has 0 saturated carbocycles. The fourth-order valence-corrected chi connectivity index (χ4v) is 3.05. The molecule has 0 spiro atoms. The summed E-state index contributed by atoms with van der Waals surface area (Å²) in [4.78, 5) is 2.51. The summed E-state index contributed by atoms with van der Waals surface area (Å²) in [5, 5.41) is 3.38. The minimum Gasteiger partial charge on any atom is -0.314 e. The van der Waals surface area contributed by atoms with E-state index in [-0.39, 0.29) is 30.6 Å². The zero-order valence-corrected chi connectivity index (χ0v) is 15.7. The van der Waals surface area contributed by atoms with E-state index in [4.69, 9.17) is 0 Å². The molecule has 0 unspecified atom stereocenters. The fraction of sp³-hybridized carbons (Fsp3) is 0.600. The topological polar surface area (TPSA) is 15.3 Å². The van der Waals surface area contributed by atoms with Crippen molar-refractivity contribution in [1.29, 1.82) is 0 Å². The molecule has 1 heterocycles. The number of rotatable bonds is 4. The third-order valence-corrected chi connectivity index (χ3v) is 4.22. The van der Waals surface area contributed by atoms with E-state index in [0.717, 1.165) is 32.6 Å². The summed E-state index contributed by atoms with van der Waals surface area (Å²) < 4.78 is 14.0. The zero-order valence-electron chi connectivity index (χ0n) is 12.4. The van der Waals surface area contributed by atoms with Crippen LogP contribution < -0.4 is 5.32 Å². The molecule has 1 saturated heterocycles. The van der Waals surface area contributed by atoms with E-state index in [2.05, 4.69) is 40.0 Å². The molecule has 122 valence electrons. The van der Waals surface area contributed by atoms with Crippen molar-refractivity contribution in [2.75, 3.05) is 26.2 Å². The van der Waals surface area contributed by atoms with Crippen LogP contribution in [0.15, 0.2) is 22.7 Å². The van der Waals surface area contributed by atoms with Gasteiger partial charge >= 0.3 is 0 Å². The fourth-order valence-electron chi connectivity index (χ4n) is 2.66. The van der Waals surface area contributed by atoms with Crippen LogP contribution in [0.5, 0.6) is 0 Å². The molecule has 1 aliphatic rings. The van der Waals surface area contributed by atoms with Crippen LogP contribution in [0.1, 0.15) is 31.9 Å². The molecule has 0 bridgehead atoms. The van der Waals surface area contributed by atoms with Crippen molar-refractivity contribution in [3.63, 3.8) is 0 Å². The number of nitrogens with zero attached hydrogens (tertiary/aromatic N) is 1. The highest BCUT2D eigenvalue weighted by molar-refractivity contribution is 9.10. The Hall–Kier alpha value is 0.130. The molecule has 0 amide bonds. The van der Waals surface area contributed by atoms with E-state index < -0.39 is 0 Å². The Morgan fingerprint density at radius 2 is 1.86 bits per heavy atom. The SMILES string of the molecule is CC(C)C[C@@H](c1ccc(F)c(Br)c1)N1CCNCC1.Cl.Cl. The summed E-state index contributed by atoms with van der Waals surface area (Å²) in [6.07, 6.45) is 1.11. The van der Waals surface area contributed by atoms with E-state index in [1.807, 2.05) is 12.1 Å². The monoisotopic (exact) mass is 400 g/mol. The lowest BCUT2D eigenvalue weighted by Gasteiger charge is -2.36. The molecule has 1 aromatic rings. The van der Waals surface area contributed by atoms with Crippen molar-refractivity contribution in [3.8, 4) is 0 Å². The first-order chi connectivity index (χ1) is 9.08. The van der Waals surface area contributed by atoms with Gasteiger partial charge in [0.05, 0.1) is 4.47 Å². The Labute approximate surface area is 147 Å². The van der Waals surface area contributed by atoms with Gasteiger partial charge in [0, 0.05) is 32.2 Å². The van der Waals surface area contributed by atoms with Gasteiger partial charge in [-0.1, -0.05) is 19.9 Å². The molecule has 1 N–H and O–H groups in total. The third-order valence-electron chi connectivity index (χ3n) is 3.62. The first-order valence-corrected chi connectivity index (χ1v) is 7.77. The van der Waals surface area contributed by atoms with Crippen molar-refractivity contribution in [2.24, 2.45) is 5.92 Å². The van der Waals surface area contributed by atoms with Gasteiger partial charge < -0.3 is 5.32 Å². The predicted octanol–water partition coefficient (Wildman–Crippen LogP) is 4.42. The second kappa shape index (κ2) is 10.0. The van der Waals surface area contributed by atoms with Crippen LogP contribution in [0.25, 0.3) is 0 Å². The largest absolute Gasteiger partial charge is 0.314 e. The van der Waals surface area contributed by atoms with Crippen LogP contribution in [0.2, 0.25) is 0 Å². The normalized spacial score (nSPS) is 17.0. The molecule has 2 rings (SSSR count). The van der Waals surface area contributed by atoms with Gasteiger partial charge in [-0.05, 0) is 46.0 Å². The number of piperazine rings is 1. The van der Waals surface area contributed by atoms with E-state index in [9.17, 15) is 4.39 Å². The smallest absolute Gasteiger partial charge is 0.137 e. The van der Waals surface area contributed by atoms with Crippen LogP contribution in [-0.4, -0.2) is 31.1 Å². The van der Waals surface area contributed by atoms with Crippen molar-refractivity contribution in [3.05, 3.63) is 34.1 Å². The van der Waals surface area contributed by atoms with Crippen molar-refractivity contribution < 1.29 is 4.39 Å². The van der Waals surface area contributed by atoms with Crippen molar-refractivity contribution in [2.45, 2.75) is 26.3 Å². The summed E-state index contributed by atoms with van der Waals surface area (Å²) in [5.74, 6) is 0.441. The number of hydrogen-bond acceptors (Lipinski definition) is 2. The average molecular weight is 402 g/mol. The molecule has 1 aliphatic heterocycles. The quantitative estimate of drug-likeness (QED) is 0.802. The number of hydrogen-bond donors (Lipinski definition) is 1. The summed E-state index contributed by atoms with van der Waals surface area (Å²) >= 11 is 3.30. The van der Waals surface area contributed by atoms with Gasteiger partial charge in [-0.3, -0.25) is 4.90 Å². The highest BCUT2D eigenvalue weighted by Gasteiger charge is 2.23. The Morgan fingerprint density at radius 1 is 1.24 bits per heavy atom. The van der Waals surface area contributed by atoms with Crippen LogP contribution in [0, 0.1) is 11.7 Å². The van der Waals surface area contributed by atoms with Crippen molar-refractivity contribution >= 4 is 40.7 Å². The van der Waals surface area contributed by atoms with Gasteiger partial charge in [-0.25, -0.2) is 4.39 Å². The van der Waals surface area contributed by atoms with E-state index in [1.54, 1.807) is 6.07 Å². The summed E-state index contributed by atoms with van der Waals surface area (Å²) in [6.45, 7) is 8.69. The molecular weight excluding hydrogens is 378 g/mol. The lowest BCUT2D eigenvalue weighted by atomic mass is 9.95. The Kier molecular flexibility index (Phi) is 10.1. The first kappa shape index (κ1) is 21.1. The summed E-state index contributed by atoms with van der Waals surface area (Å²) in [6, 6.07) is 5.81. The second-order valence-corrected chi connectivity index (χ2v) is 6.46. The molecule has 1 fully saturated rings. The maximum absolute atomic E-state index is 13.4. The van der Waals surface area contributed by atoms with Crippen LogP contribution in [0.3, 0.4) is 0 Å². The first-order valence-electron chi connectivity index (χ1n) is 6.97. The average Bonchev–Trinajstić information content (AvgIpc) is 2.40. The maximum Gasteiger partial charge on any atom is 0.137 e. The minimum atomic E-state index is -0.188. The Bertz CT molecular complexity index is 426. The Morgan fingerprint density at radius 3 is 2.38 bits per heavy atom. The van der Waals surface area contributed by atoms with Gasteiger partial charge in [0.2, 0.25) is 0 Å². The molecule has 21 heavy (non-hydrogen) atoms. The highest BCUT2D eigenvalue weighted by Crippen LogP contribution is 2.30. The maximum atomic E-state index is 13.4. The zero-order chi connectivity index (χ0) is 13.8. The summed E-state index contributed by atoms with van der Waals surface area (Å²) in [5.41, 5.74) is 1.21. The van der Waals surface area contributed by atoms with Gasteiger partial charge in [0.1, 0.15) is 5.82 Å². The standard InChI is InChI=1S/C15H22BrFN2.2ClH/c1-11(2)9-15(19-7-5-18-6-8-19)12-3-4-14(17)13(16)10-12;;/h3-4,10-11,15,18H,5-9H2,1-2H3;2*1H/t15-;;/m0../s1. The third kappa shape index (κ3) is 6.03. The Balaban J connectivity index is 0.00000200. The molecule has 0 radical (unpaired) electrons. The lowest BCUT2D eigenvalue weighted by molar-refractivity contribution is 0.154. The molecule has 1 atom stereocenters. The van der Waals surface area contributed by atoms with Gasteiger partial charge in [-0.2, -0.15) is 0 Å². The van der Waals surface area contributed by atoms with Gasteiger partial charge in [-0.15, -0.1) is 24.8 Å². The number of benzene rings is 1. The lowest BCUT2D eigenvalue weighted by Crippen LogP contribution is -2.45. The molecule has 1 aromatic carbocycles. The van der Waals surface area contributed by atoms with Crippen LogP contribution in [-0.2, 0) is 0 Å². The van der Waals surface area contributed by atoms with Crippen molar-refractivity contribution in [1.82, 2.24) is 10.2 Å². The van der Waals surface area contributed by atoms with Gasteiger partial charge in [0.25, 0.3) is 0 Å². The second-order valence-electron chi connectivity index (χ2n) is 5.60. The van der Waals surface area contributed by atoms with E-state index in [0.29, 0.717) is 16.4 Å².